The third kappa shape index (κ3) is 4.79. The summed E-state index contributed by atoms with van der Waals surface area (Å²) in [7, 11) is 0. The first-order chi connectivity index (χ1) is 19.7. The van der Waals surface area contributed by atoms with E-state index in [9.17, 15) is 5.11 Å². The Morgan fingerprint density at radius 1 is 0.756 bits per heavy atom. The molecule has 5 nitrogen and oxygen atoms in total. The number of aromatic hydroxyl groups is 1. The summed E-state index contributed by atoms with van der Waals surface area (Å²) in [4.78, 5) is 11.9. The van der Waals surface area contributed by atoms with Crippen molar-refractivity contribution in [1.29, 1.82) is 0 Å². The van der Waals surface area contributed by atoms with Gasteiger partial charge in [-0.3, -0.25) is 9.55 Å². The molecular weight excluding hydrogens is 687 g/mol. The maximum absolute atomic E-state index is 10.8. The Labute approximate surface area is 252 Å². The van der Waals surface area contributed by atoms with E-state index in [4.69, 9.17) is 4.98 Å². The van der Waals surface area contributed by atoms with Crippen molar-refractivity contribution < 1.29 is 26.2 Å². The number of anilines is 3. The van der Waals surface area contributed by atoms with Crippen LogP contribution in [0.2, 0.25) is 0 Å². The van der Waals surface area contributed by atoms with Crippen LogP contribution in [0.25, 0.3) is 38.9 Å². The van der Waals surface area contributed by atoms with Gasteiger partial charge in [0.05, 0.1) is 11.2 Å². The predicted molar refractivity (Wildman–Crippen MR) is 162 cm³/mol. The zero-order valence-electron chi connectivity index (χ0n) is 22.2. The summed E-state index contributed by atoms with van der Waals surface area (Å²) in [6, 6.07) is 43.7. The third-order valence-corrected chi connectivity index (χ3v) is 7.09. The summed E-state index contributed by atoms with van der Waals surface area (Å²) in [6.07, 6.45) is 1.83. The molecule has 4 aromatic carbocycles. The van der Waals surface area contributed by atoms with Crippen LogP contribution in [-0.2, 0) is 21.1 Å². The largest absolute Gasteiger partial charge is 0.506 e. The number of hydrogen-bond acceptors (Lipinski definition) is 4. The molecule has 0 bridgehead atoms. The Morgan fingerprint density at radius 3 is 2.37 bits per heavy atom. The second-order valence-corrected chi connectivity index (χ2v) is 9.72. The standard InChI is InChI=1S/C35H25N4O.Pt/c1-24-20-21-36-34(22-24)38(26-11-3-2-4-12-26)27-13-9-10-25(23-27)30-19-18-29-28-14-5-6-15-31(28)39(35(29)37-30)32-16-7-8-17-33(32)40;/h2-22,40H,1H3;/q-1;. The van der Waals surface area contributed by atoms with Gasteiger partial charge in [0, 0.05) is 43.7 Å². The van der Waals surface area contributed by atoms with Gasteiger partial charge in [0.2, 0.25) is 0 Å². The molecule has 3 heterocycles. The number of para-hydroxylation sites is 4. The van der Waals surface area contributed by atoms with Crippen LogP contribution in [0.4, 0.5) is 17.2 Å². The van der Waals surface area contributed by atoms with Gasteiger partial charge in [-0.1, -0.05) is 60.7 Å². The Bertz CT molecular complexity index is 2000. The number of hydrogen-bond donors (Lipinski definition) is 1. The van der Waals surface area contributed by atoms with Crippen LogP contribution in [0.1, 0.15) is 5.56 Å². The minimum atomic E-state index is 0. The quantitative estimate of drug-likeness (QED) is 0.182. The van der Waals surface area contributed by atoms with E-state index in [2.05, 4.69) is 59.3 Å². The second-order valence-electron chi connectivity index (χ2n) is 9.72. The van der Waals surface area contributed by atoms with Crippen LogP contribution in [0.15, 0.2) is 128 Å². The molecule has 3 aromatic heterocycles. The molecule has 1 N–H and O–H groups in total. The Hall–Kier alpha value is -4.73. The minimum Gasteiger partial charge on any atom is -0.506 e. The molecule has 0 saturated carbocycles. The van der Waals surface area contributed by atoms with Gasteiger partial charge < -0.3 is 10.0 Å². The first kappa shape index (κ1) is 26.5. The number of benzene rings is 4. The molecule has 0 saturated heterocycles. The van der Waals surface area contributed by atoms with Crippen molar-refractivity contribution in [2.45, 2.75) is 6.92 Å². The van der Waals surface area contributed by atoms with Gasteiger partial charge in [0.1, 0.15) is 17.2 Å². The average molecular weight is 713 g/mol. The molecule has 6 heteroatoms. The van der Waals surface area contributed by atoms with Gasteiger partial charge in [-0.15, -0.1) is 29.8 Å². The van der Waals surface area contributed by atoms with E-state index in [0.29, 0.717) is 5.69 Å². The van der Waals surface area contributed by atoms with Gasteiger partial charge in [0.15, 0.2) is 0 Å². The summed E-state index contributed by atoms with van der Waals surface area (Å²) in [5.74, 6) is 1.03. The second kappa shape index (κ2) is 11.0. The van der Waals surface area contributed by atoms with Crippen molar-refractivity contribution in [3.05, 3.63) is 139 Å². The topological polar surface area (TPSA) is 54.2 Å². The number of aryl methyl sites for hydroxylation is 1. The molecule has 0 aliphatic rings. The van der Waals surface area contributed by atoms with E-state index >= 15 is 0 Å². The van der Waals surface area contributed by atoms with Crippen molar-refractivity contribution in [3.8, 4) is 22.7 Å². The van der Waals surface area contributed by atoms with Gasteiger partial charge >= 0.3 is 0 Å². The molecule has 0 radical (unpaired) electrons. The van der Waals surface area contributed by atoms with Crippen LogP contribution < -0.4 is 4.90 Å². The number of nitrogens with zero attached hydrogens (tertiary/aromatic N) is 4. The molecule has 0 aliphatic heterocycles. The fourth-order valence-corrected chi connectivity index (χ4v) is 5.24. The molecule has 7 rings (SSSR count). The van der Waals surface area contributed by atoms with Gasteiger partial charge in [-0.2, -0.15) is 0 Å². The fourth-order valence-electron chi connectivity index (χ4n) is 5.24. The van der Waals surface area contributed by atoms with Gasteiger partial charge in [-0.25, -0.2) is 4.98 Å². The molecule has 0 fully saturated rings. The number of phenols is 1. The maximum Gasteiger partial charge on any atom is 0.139 e. The summed E-state index contributed by atoms with van der Waals surface area (Å²) >= 11 is 0. The summed E-state index contributed by atoms with van der Waals surface area (Å²) in [5.41, 5.74) is 7.10. The van der Waals surface area contributed by atoms with E-state index < -0.39 is 0 Å². The SMILES string of the molecule is Cc1ccnc(N(c2[c-]c(-c3ccc4c5ccccc5n(-c5ccccc5O)c4n3)ccc2)c2ccccc2)c1.[Pt]. The monoisotopic (exact) mass is 712 g/mol. The molecule has 0 spiro atoms. The van der Waals surface area contributed by atoms with Crippen molar-refractivity contribution in [2.24, 2.45) is 0 Å². The molecular formula is C35H25N4OPt-. The third-order valence-electron chi connectivity index (χ3n) is 7.09. The van der Waals surface area contributed by atoms with E-state index in [1.807, 2.05) is 89.6 Å². The minimum absolute atomic E-state index is 0. The summed E-state index contributed by atoms with van der Waals surface area (Å²) < 4.78 is 2.03. The Balaban J connectivity index is 0.00000302. The number of phenolic OH excluding ortho intramolecular Hbond substituents is 1. The van der Waals surface area contributed by atoms with Crippen LogP contribution >= 0.6 is 0 Å². The first-order valence-electron chi connectivity index (χ1n) is 13.2. The Morgan fingerprint density at radius 2 is 1.54 bits per heavy atom. The summed E-state index contributed by atoms with van der Waals surface area (Å²) in [6.45, 7) is 2.07. The molecule has 0 aliphatic carbocycles. The molecule has 0 atom stereocenters. The molecule has 7 aromatic rings. The fraction of sp³-hybridized carbons (Fsp3) is 0.0286. The zero-order valence-corrected chi connectivity index (χ0v) is 24.4. The van der Waals surface area contributed by atoms with Crippen molar-refractivity contribution in [2.75, 3.05) is 4.90 Å². The number of aromatic nitrogens is 3. The van der Waals surface area contributed by atoms with E-state index in [0.717, 1.165) is 55.9 Å². The normalized spacial score (nSPS) is 11.0. The van der Waals surface area contributed by atoms with Crippen LogP contribution in [0, 0.1) is 13.0 Å². The average Bonchev–Trinajstić information content (AvgIpc) is 3.32. The first-order valence-corrected chi connectivity index (χ1v) is 13.2. The van der Waals surface area contributed by atoms with E-state index in [1.54, 1.807) is 6.07 Å². The molecule has 0 amide bonds. The van der Waals surface area contributed by atoms with Crippen LogP contribution in [-0.4, -0.2) is 19.6 Å². The number of rotatable bonds is 5. The van der Waals surface area contributed by atoms with Gasteiger partial charge in [0.25, 0.3) is 0 Å². The molecule has 0 unspecified atom stereocenters. The number of fused-ring (bicyclic) bond motifs is 3. The van der Waals surface area contributed by atoms with Crippen molar-refractivity contribution in [1.82, 2.24) is 14.5 Å². The van der Waals surface area contributed by atoms with Crippen molar-refractivity contribution in [3.63, 3.8) is 0 Å². The van der Waals surface area contributed by atoms with Crippen LogP contribution in [0.3, 0.4) is 0 Å². The predicted octanol–water partition coefficient (Wildman–Crippen LogP) is 8.52. The zero-order chi connectivity index (χ0) is 27.1. The van der Waals surface area contributed by atoms with Crippen LogP contribution in [0.5, 0.6) is 5.75 Å². The van der Waals surface area contributed by atoms with E-state index in [-0.39, 0.29) is 26.8 Å². The maximum atomic E-state index is 10.8. The number of pyridine rings is 2. The van der Waals surface area contributed by atoms with Gasteiger partial charge in [-0.05, 0) is 66.3 Å². The molecule has 41 heavy (non-hydrogen) atoms. The summed E-state index contributed by atoms with van der Waals surface area (Å²) in [5, 5.41) is 12.9. The van der Waals surface area contributed by atoms with Crippen molar-refractivity contribution >= 4 is 39.1 Å². The molecule has 202 valence electrons. The van der Waals surface area contributed by atoms with E-state index in [1.165, 1.54) is 0 Å². The smallest absolute Gasteiger partial charge is 0.139 e. The Kier molecular flexibility index (Phi) is 7.13.